The maximum Gasteiger partial charge on any atom is 0.240 e. The van der Waals surface area contributed by atoms with Crippen molar-refractivity contribution in [3.8, 4) is 0 Å². The van der Waals surface area contributed by atoms with E-state index in [1.165, 1.54) is 12.8 Å². The van der Waals surface area contributed by atoms with Crippen LogP contribution >= 0.6 is 24.2 Å². The molecule has 1 aliphatic carbocycles. The SMILES string of the molecule is CCSC1CCCC1NC(=O)[C@H]1NCCO[C@@H]1C.Cl. The summed E-state index contributed by atoms with van der Waals surface area (Å²) in [6.45, 7) is 5.60. The van der Waals surface area contributed by atoms with Crippen LogP contribution in [0.2, 0.25) is 0 Å². The Labute approximate surface area is 126 Å². The molecular weight excluding hydrogens is 284 g/mol. The van der Waals surface area contributed by atoms with E-state index in [4.69, 9.17) is 4.74 Å². The largest absolute Gasteiger partial charge is 0.375 e. The van der Waals surface area contributed by atoms with Gasteiger partial charge in [-0.15, -0.1) is 12.4 Å². The molecule has 112 valence electrons. The quantitative estimate of drug-likeness (QED) is 0.828. The Hall–Kier alpha value is 0.0300. The van der Waals surface area contributed by atoms with Crippen LogP contribution in [0.5, 0.6) is 0 Å². The highest BCUT2D eigenvalue weighted by Gasteiger charge is 2.33. The van der Waals surface area contributed by atoms with Crippen LogP contribution in [0.3, 0.4) is 0 Å². The number of hydrogen-bond acceptors (Lipinski definition) is 4. The van der Waals surface area contributed by atoms with Crippen molar-refractivity contribution < 1.29 is 9.53 Å². The molecule has 1 heterocycles. The molecule has 1 saturated heterocycles. The zero-order valence-electron chi connectivity index (χ0n) is 11.7. The van der Waals surface area contributed by atoms with Crippen molar-refractivity contribution in [1.82, 2.24) is 10.6 Å². The average molecular weight is 309 g/mol. The number of hydrogen-bond donors (Lipinski definition) is 2. The van der Waals surface area contributed by atoms with E-state index in [9.17, 15) is 4.79 Å². The van der Waals surface area contributed by atoms with Gasteiger partial charge in [0.05, 0.1) is 12.7 Å². The summed E-state index contributed by atoms with van der Waals surface area (Å²) in [7, 11) is 0. The van der Waals surface area contributed by atoms with Gasteiger partial charge in [-0.3, -0.25) is 4.79 Å². The smallest absolute Gasteiger partial charge is 0.240 e. The van der Waals surface area contributed by atoms with E-state index in [1.807, 2.05) is 18.7 Å². The summed E-state index contributed by atoms with van der Waals surface area (Å²) in [6, 6.07) is 0.157. The minimum Gasteiger partial charge on any atom is -0.375 e. The van der Waals surface area contributed by atoms with Gasteiger partial charge in [0.1, 0.15) is 6.04 Å². The van der Waals surface area contributed by atoms with E-state index < -0.39 is 0 Å². The number of nitrogens with one attached hydrogen (secondary N) is 2. The number of amides is 1. The third-order valence-corrected chi connectivity index (χ3v) is 5.09. The lowest BCUT2D eigenvalue weighted by molar-refractivity contribution is -0.129. The molecule has 0 aromatic carbocycles. The van der Waals surface area contributed by atoms with Crippen molar-refractivity contribution in [2.45, 2.75) is 56.5 Å². The van der Waals surface area contributed by atoms with Crippen LogP contribution in [-0.2, 0) is 9.53 Å². The lowest BCUT2D eigenvalue weighted by Gasteiger charge is -2.31. The second-order valence-electron chi connectivity index (χ2n) is 5.05. The van der Waals surface area contributed by atoms with Crippen molar-refractivity contribution in [1.29, 1.82) is 0 Å². The fourth-order valence-corrected chi connectivity index (χ4v) is 4.00. The molecule has 0 bridgehead atoms. The van der Waals surface area contributed by atoms with Crippen LogP contribution in [0, 0.1) is 0 Å². The summed E-state index contributed by atoms with van der Waals surface area (Å²) >= 11 is 1.97. The molecule has 1 amide bonds. The summed E-state index contributed by atoms with van der Waals surface area (Å²) in [4.78, 5) is 12.3. The molecule has 0 aromatic rings. The fourth-order valence-electron chi connectivity index (χ4n) is 2.80. The van der Waals surface area contributed by atoms with Gasteiger partial charge in [-0.1, -0.05) is 13.3 Å². The Morgan fingerprint density at radius 1 is 1.47 bits per heavy atom. The molecule has 6 heteroatoms. The van der Waals surface area contributed by atoms with E-state index in [0.717, 1.165) is 18.7 Å². The molecule has 2 unspecified atom stereocenters. The summed E-state index contributed by atoms with van der Waals surface area (Å²) in [5.41, 5.74) is 0. The second-order valence-corrected chi connectivity index (χ2v) is 6.56. The van der Waals surface area contributed by atoms with Crippen LogP contribution in [0.25, 0.3) is 0 Å². The highest BCUT2D eigenvalue weighted by molar-refractivity contribution is 7.99. The van der Waals surface area contributed by atoms with Gasteiger partial charge in [-0.2, -0.15) is 11.8 Å². The summed E-state index contributed by atoms with van der Waals surface area (Å²) in [5.74, 6) is 1.23. The van der Waals surface area contributed by atoms with Gasteiger partial charge < -0.3 is 15.4 Å². The first-order valence-corrected chi connectivity index (χ1v) is 8.04. The van der Waals surface area contributed by atoms with Gasteiger partial charge in [-0.25, -0.2) is 0 Å². The standard InChI is InChI=1S/C13H24N2O2S.ClH/c1-3-18-11-6-4-5-10(11)15-13(16)12-9(2)17-8-7-14-12;/h9-12,14H,3-8H2,1-2H3,(H,15,16);1H/t9-,10?,11?,12+;/m1./s1. The van der Waals surface area contributed by atoms with Crippen molar-refractivity contribution in [3.05, 3.63) is 0 Å². The second kappa shape index (κ2) is 8.35. The van der Waals surface area contributed by atoms with Crippen LogP contribution in [-0.4, -0.2) is 48.2 Å². The van der Waals surface area contributed by atoms with Gasteiger partial charge >= 0.3 is 0 Å². The lowest BCUT2D eigenvalue weighted by atomic mass is 10.1. The molecule has 4 atom stereocenters. The predicted molar refractivity (Wildman–Crippen MR) is 82.2 cm³/mol. The normalized spacial score (nSPS) is 34.6. The average Bonchev–Trinajstić information content (AvgIpc) is 2.78. The molecule has 2 aliphatic rings. The fraction of sp³-hybridized carbons (Fsp3) is 0.923. The molecule has 1 saturated carbocycles. The molecule has 0 aromatic heterocycles. The van der Waals surface area contributed by atoms with Crippen LogP contribution in [0.1, 0.15) is 33.1 Å². The number of ether oxygens (including phenoxy) is 1. The first-order valence-electron chi connectivity index (χ1n) is 6.99. The van der Waals surface area contributed by atoms with Gasteiger partial charge in [-0.05, 0) is 25.5 Å². The minimum absolute atomic E-state index is 0. The molecule has 1 aliphatic heterocycles. The number of carbonyl (C=O) groups excluding carboxylic acids is 1. The molecule has 4 nitrogen and oxygen atoms in total. The molecule has 19 heavy (non-hydrogen) atoms. The van der Waals surface area contributed by atoms with Crippen molar-refractivity contribution in [2.24, 2.45) is 0 Å². The first-order chi connectivity index (χ1) is 8.72. The van der Waals surface area contributed by atoms with Crippen molar-refractivity contribution in [2.75, 3.05) is 18.9 Å². The van der Waals surface area contributed by atoms with Crippen molar-refractivity contribution >= 4 is 30.1 Å². The highest BCUT2D eigenvalue weighted by atomic mass is 35.5. The Kier molecular flexibility index (Phi) is 7.50. The molecule has 2 rings (SSSR count). The Morgan fingerprint density at radius 2 is 2.26 bits per heavy atom. The Morgan fingerprint density at radius 3 is 2.95 bits per heavy atom. The third kappa shape index (κ3) is 4.52. The number of morpholine rings is 1. The molecule has 2 fully saturated rings. The summed E-state index contributed by atoms with van der Waals surface area (Å²) < 4.78 is 5.52. The van der Waals surface area contributed by atoms with Gasteiger partial charge in [0.15, 0.2) is 0 Å². The summed E-state index contributed by atoms with van der Waals surface area (Å²) in [6.07, 6.45) is 3.54. The number of rotatable bonds is 4. The van der Waals surface area contributed by atoms with Gasteiger partial charge in [0.25, 0.3) is 0 Å². The summed E-state index contributed by atoms with van der Waals surface area (Å²) in [5, 5.41) is 7.05. The van der Waals surface area contributed by atoms with Crippen LogP contribution in [0.15, 0.2) is 0 Å². The Balaban J connectivity index is 0.00000180. The van der Waals surface area contributed by atoms with E-state index in [-0.39, 0.29) is 30.5 Å². The van der Waals surface area contributed by atoms with Crippen molar-refractivity contribution in [3.63, 3.8) is 0 Å². The molecular formula is C13H25ClN2O2S. The monoisotopic (exact) mass is 308 g/mol. The molecule has 0 spiro atoms. The van der Waals surface area contributed by atoms with E-state index in [2.05, 4.69) is 17.6 Å². The topological polar surface area (TPSA) is 50.4 Å². The van der Waals surface area contributed by atoms with Gasteiger partial charge in [0.2, 0.25) is 5.91 Å². The van der Waals surface area contributed by atoms with E-state index >= 15 is 0 Å². The zero-order valence-corrected chi connectivity index (χ0v) is 13.3. The number of halogens is 1. The van der Waals surface area contributed by atoms with E-state index in [0.29, 0.717) is 17.9 Å². The highest BCUT2D eigenvalue weighted by Crippen LogP contribution is 2.30. The maximum atomic E-state index is 12.3. The molecule has 2 N–H and O–H groups in total. The predicted octanol–water partition coefficient (Wildman–Crippen LogP) is 1.58. The van der Waals surface area contributed by atoms with Crippen LogP contribution < -0.4 is 10.6 Å². The number of carbonyl (C=O) groups is 1. The minimum atomic E-state index is -0.188. The van der Waals surface area contributed by atoms with Gasteiger partial charge in [0, 0.05) is 17.8 Å². The molecule has 0 radical (unpaired) electrons. The lowest BCUT2D eigenvalue weighted by Crippen LogP contribution is -2.57. The Bertz CT molecular complexity index is 294. The maximum absolute atomic E-state index is 12.3. The zero-order chi connectivity index (χ0) is 13.0. The van der Waals surface area contributed by atoms with E-state index in [1.54, 1.807) is 0 Å². The first kappa shape index (κ1) is 17.1. The number of thioether (sulfide) groups is 1. The van der Waals surface area contributed by atoms with Crippen LogP contribution in [0.4, 0.5) is 0 Å². The third-order valence-electron chi connectivity index (χ3n) is 3.76.